The second-order valence-corrected chi connectivity index (χ2v) is 10.3. The molecule has 0 bridgehead atoms. The van der Waals surface area contributed by atoms with Gasteiger partial charge >= 0.3 is 0 Å². The number of nitrogens with one attached hydrogen (secondary N) is 2. The molecule has 1 amide bonds. The number of hydrogen-bond donors (Lipinski definition) is 2. The lowest BCUT2D eigenvalue weighted by atomic mass is 10.1. The van der Waals surface area contributed by atoms with Crippen LogP contribution in [0.4, 0.5) is 5.69 Å². The second-order valence-electron chi connectivity index (χ2n) is 9.18. The Morgan fingerprint density at radius 3 is 2.71 bits per heavy atom. The number of rotatable bonds is 10. The Bertz CT molecular complexity index is 1570. The molecule has 2 N–H and O–H groups in total. The number of aromatic nitrogens is 3. The van der Waals surface area contributed by atoms with E-state index in [1.165, 1.54) is 11.3 Å². The number of nitriles is 1. The lowest BCUT2D eigenvalue weighted by Gasteiger charge is -2.19. The third-order valence-electron chi connectivity index (χ3n) is 6.47. The molecule has 0 radical (unpaired) electrons. The fourth-order valence-electron chi connectivity index (χ4n) is 4.34. The van der Waals surface area contributed by atoms with Crippen LogP contribution in [-0.2, 0) is 19.5 Å². The predicted octanol–water partition coefficient (Wildman–Crippen LogP) is 5.78. The molecule has 7 nitrogen and oxygen atoms in total. The van der Waals surface area contributed by atoms with Gasteiger partial charge in [0.25, 0.3) is 5.91 Å². The molecule has 1 atom stereocenters. The molecule has 5 rings (SSSR count). The molecule has 5 aromatic rings. The number of hydrogen-bond acceptors (Lipinski definition) is 6. The fraction of sp³-hybridized carbons (Fsp3) is 0.200. The van der Waals surface area contributed by atoms with Crippen molar-refractivity contribution < 1.29 is 4.79 Å². The normalized spacial score (nSPS) is 11.7. The molecular formula is C30H28N6OS. The van der Waals surface area contributed by atoms with Crippen molar-refractivity contribution in [2.24, 2.45) is 0 Å². The van der Waals surface area contributed by atoms with Crippen LogP contribution in [0.2, 0.25) is 0 Å². The van der Waals surface area contributed by atoms with E-state index in [9.17, 15) is 4.79 Å². The van der Waals surface area contributed by atoms with Crippen molar-refractivity contribution in [3.8, 4) is 6.07 Å². The highest BCUT2D eigenvalue weighted by Crippen LogP contribution is 2.29. The highest BCUT2D eigenvalue weighted by molar-refractivity contribution is 7.20. The summed E-state index contributed by atoms with van der Waals surface area (Å²) in [6.45, 7) is 3.34. The Kier molecular flexibility index (Phi) is 7.76. The first kappa shape index (κ1) is 25.2. The minimum absolute atomic E-state index is 0.0773. The number of fused-ring (bicyclic) bond motifs is 1. The zero-order valence-corrected chi connectivity index (χ0v) is 21.9. The van der Waals surface area contributed by atoms with Crippen molar-refractivity contribution in [1.29, 1.82) is 5.26 Å². The van der Waals surface area contributed by atoms with Crippen molar-refractivity contribution in [3.05, 3.63) is 113 Å². The molecule has 0 aliphatic heterocycles. The molecule has 2 aromatic carbocycles. The van der Waals surface area contributed by atoms with Crippen LogP contribution in [-0.4, -0.2) is 26.5 Å². The molecule has 0 saturated carbocycles. The maximum absolute atomic E-state index is 12.7. The molecule has 8 heteroatoms. The third-order valence-corrected chi connectivity index (χ3v) is 7.58. The fourth-order valence-corrected chi connectivity index (χ4v) is 5.30. The van der Waals surface area contributed by atoms with Gasteiger partial charge in [-0.05, 0) is 65.4 Å². The standard InChI is InChI=1S/C30H28N6OS/c1-2-25(14-27-18-33-20-36(27)19-22-7-5-21(15-31)6-8-22)35-26-9-10-28-24(12-26)13-29(38-28)30(37)34-17-23-4-3-11-32-16-23/h3-13,16,18,20,25,35H,2,14,17,19H2,1H3,(H,34,37). The number of amides is 1. The number of pyridine rings is 1. The van der Waals surface area contributed by atoms with E-state index in [2.05, 4.69) is 56.4 Å². The topological polar surface area (TPSA) is 95.6 Å². The first-order valence-corrected chi connectivity index (χ1v) is 13.4. The van der Waals surface area contributed by atoms with Gasteiger partial charge in [-0.3, -0.25) is 9.78 Å². The summed E-state index contributed by atoms with van der Waals surface area (Å²) in [5.41, 5.74) is 4.94. The van der Waals surface area contributed by atoms with Crippen LogP contribution in [0.1, 0.15) is 45.4 Å². The van der Waals surface area contributed by atoms with Gasteiger partial charge in [-0.15, -0.1) is 11.3 Å². The highest BCUT2D eigenvalue weighted by atomic mass is 32.1. The average molecular weight is 521 g/mol. The van der Waals surface area contributed by atoms with E-state index in [0.717, 1.165) is 45.4 Å². The molecule has 0 aliphatic carbocycles. The summed E-state index contributed by atoms with van der Waals surface area (Å²) < 4.78 is 3.24. The second kappa shape index (κ2) is 11.7. The molecule has 38 heavy (non-hydrogen) atoms. The number of carbonyl (C=O) groups is 1. The van der Waals surface area contributed by atoms with Crippen molar-refractivity contribution in [2.75, 3.05) is 5.32 Å². The van der Waals surface area contributed by atoms with E-state index in [4.69, 9.17) is 5.26 Å². The number of thiophene rings is 1. The van der Waals surface area contributed by atoms with Crippen LogP contribution >= 0.6 is 11.3 Å². The monoisotopic (exact) mass is 520 g/mol. The predicted molar refractivity (Wildman–Crippen MR) is 151 cm³/mol. The van der Waals surface area contributed by atoms with Gasteiger partial charge in [0.05, 0.1) is 22.8 Å². The van der Waals surface area contributed by atoms with Crippen LogP contribution in [0.15, 0.2) is 85.6 Å². The Balaban J connectivity index is 1.23. The zero-order valence-electron chi connectivity index (χ0n) is 21.1. The van der Waals surface area contributed by atoms with Gasteiger partial charge in [-0.1, -0.05) is 25.1 Å². The summed E-state index contributed by atoms with van der Waals surface area (Å²) in [4.78, 5) is 21.9. The van der Waals surface area contributed by atoms with Gasteiger partial charge < -0.3 is 15.2 Å². The molecule has 1 unspecified atom stereocenters. The van der Waals surface area contributed by atoms with E-state index in [1.54, 1.807) is 12.4 Å². The smallest absolute Gasteiger partial charge is 0.261 e. The molecule has 0 aliphatic rings. The van der Waals surface area contributed by atoms with Crippen molar-refractivity contribution >= 4 is 33.0 Å². The van der Waals surface area contributed by atoms with Gasteiger partial charge in [0.15, 0.2) is 0 Å². The Labute approximate surface area is 225 Å². The van der Waals surface area contributed by atoms with E-state index in [0.29, 0.717) is 23.5 Å². The lowest BCUT2D eigenvalue weighted by Crippen LogP contribution is -2.23. The van der Waals surface area contributed by atoms with E-state index in [1.807, 2.05) is 55.0 Å². The maximum Gasteiger partial charge on any atom is 0.261 e. The highest BCUT2D eigenvalue weighted by Gasteiger charge is 2.14. The third kappa shape index (κ3) is 6.07. The average Bonchev–Trinajstić information content (AvgIpc) is 3.58. The summed E-state index contributed by atoms with van der Waals surface area (Å²) >= 11 is 1.50. The number of nitrogens with zero attached hydrogens (tertiary/aromatic N) is 4. The van der Waals surface area contributed by atoms with Crippen LogP contribution in [0, 0.1) is 11.3 Å². The van der Waals surface area contributed by atoms with Crippen molar-refractivity contribution in [3.63, 3.8) is 0 Å². The minimum atomic E-state index is -0.0773. The molecule has 0 saturated heterocycles. The van der Waals surface area contributed by atoms with Crippen LogP contribution in [0.5, 0.6) is 0 Å². The van der Waals surface area contributed by atoms with Crippen molar-refractivity contribution in [1.82, 2.24) is 19.9 Å². The number of anilines is 1. The van der Waals surface area contributed by atoms with Gasteiger partial charge in [-0.2, -0.15) is 5.26 Å². The Morgan fingerprint density at radius 1 is 1.08 bits per heavy atom. The molecule has 3 heterocycles. The van der Waals surface area contributed by atoms with Gasteiger partial charge in [0, 0.05) is 60.2 Å². The summed E-state index contributed by atoms with van der Waals surface area (Å²) in [5, 5.41) is 16.7. The molecular weight excluding hydrogens is 492 g/mol. The maximum atomic E-state index is 12.7. The van der Waals surface area contributed by atoms with Crippen LogP contribution < -0.4 is 10.6 Å². The van der Waals surface area contributed by atoms with Gasteiger partial charge in [0.1, 0.15) is 0 Å². The van der Waals surface area contributed by atoms with Gasteiger partial charge in [-0.25, -0.2) is 4.98 Å². The summed E-state index contributed by atoms with van der Waals surface area (Å²) in [6.07, 6.45) is 9.04. The molecule has 190 valence electrons. The molecule has 3 aromatic heterocycles. The Morgan fingerprint density at radius 2 is 1.95 bits per heavy atom. The van der Waals surface area contributed by atoms with E-state index >= 15 is 0 Å². The van der Waals surface area contributed by atoms with Crippen LogP contribution in [0.25, 0.3) is 10.1 Å². The minimum Gasteiger partial charge on any atom is -0.382 e. The lowest BCUT2D eigenvalue weighted by molar-refractivity contribution is 0.0955. The van der Waals surface area contributed by atoms with E-state index < -0.39 is 0 Å². The number of imidazole rings is 1. The quantitative estimate of drug-likeness (QED) is 0.244. The van der Waals surface area contributed by atoms with Crippen LogP contribution in [0.3, 0.4) is 0 Å². The number of carbonyl (C=O) groups excluding carboxylic acids is 1. The first-order chi connectivity index (χ1) is 18.6. The first-order valence-electron chi connectivity index (χ1n) is 12.6. The summed E-state index contributed by atoms with van der Waals surface area (Å²) in [7, 11) is 0. The van der Waals surface area contributed by atoms with Gasteiger partial charge in [0.2, 0.25) is 0 Å². The molecule has 0 fully saturated rings. The van der Waals surface area contributed by atoms with E-state index in [-0.39, 0.29) is 11.9 Å². The molecule has 0 spiro atoms. The zero-order chi connectivity index (χ0) is 26.3. The Hall–Kier alpha value is -4.48. The summed E-state index contributed by atoms with van der Waals surface area (Å²) in [6, 6.07) is 22.1. The number of benzene rings is 2. The SMILES string of the molecule is CCC(Cc1cncn1Cc1ccc(C#N)cc1)Nc1ccc2sc(C(=O)NCc3cccnc3)cc2c1. The van der Waals surface area contributed by atoms with Crippen molar-refractivity contribution in [2.45, 2.75) is 38.9 Å². The largest absolute Gasteiger partial charge is 0.382 e. The summed E-state index contributed by atoms with van der Waals surface area (Å²) in [5.74, 6) is -0.0773.